The van der Waals surface area contributed by atoms with E-state index in [1.54, 1.807) is 0 Å². The fourth-order valence-electron chi connectivity index (χ4n) is 1.20. The van der Waals surface area contributed by atoms with Crippen LogP contribution < -0.4 is 0 Å². The Kier molecular flexibility index (Phi) is 4.61. The van der Waals surface area contributed by atoms with Gasteiger partial charge in [0.15, 0.2) is 0 Å². The summed E-state index contributed by atoms with van der Waals surface area (Å²) in [4.78, 5) is 14.2. The van der Waals surface area contributed by atoms with Crippen LogP contribution in [0.3, 0.4) is 0 Å². The van der Waals surface area contributed by atoms with Crippen LogP contribution >= 0.6 is 27.5 Å². The van der Waals surface area contributed by atoms with Crippen LogP contribution in [0, 0.1) is 0 Å². The molecule has 0 bridgehead atoms. The molecule has 0 aliphatic heterocycles. The molecular weight excluding hydrogens is 307 g/mol. The Labute approximate surface area is 104 Å². The maximum absolute atomic E-state index is 12.7. The van der Waals surface area contributed by atoms with Crippen molar-refractivity contribution >= 4 is 33.5 Å². The van der Waals surface area contributed by atoms with Crippen molar-refractivity contribution in [3.05, 3.63) is 28.0 Å². The largest absolute Gasteiger partial charge is 0.481 e. The van der Waals surface area contributed by atoms with E-state index in [4.69, 9.17) is 16.7 Å². The van der Waals surface area contributed by atoms with Gasteiger partial charge in [-0.05, 0) is 0 Å². The van der Waals surface area contributed by atoms with E-state index in [1.807, 2.05) is 0 Å². The van der Waals surface area contributed by atoms with E-state index >= 15 is 0 Å². The van der Waals surface area contributed by atoms with E-state index in [0.29, 0.717) is 0 Å². The molecule has 0 atom stereocenters. The number of nitrogens with zero attached hydrogens (tertiary/aromatic N) is 1. The summed E-state index contributed by atoms with van der Waals surface area (Å²) >= 11 is 8.74. The Hall–Kier alpha value is -0.750. The molecule has 0 aromatic carbocycles. The standard InChI is InChI=1S/C9H7BrClF2NO2/c10-2-5-7(9(12)13)8(11)4(3-14-5)1-6(15)16/h3,9H,1-2H2,(H,15,16). The molecule has 0 fully saturated rings. The molecule has 7 heteroatoms. The molecule has 0 aliphatic carbocycles. The highest BCUT2D eigenvalue weighted by Crippen LogP contribution is 2.32. The molecule has 1 rings (SSSR count). The first-order valence-electron chi connectivity index (χ1n) is 4.19. The second kappa shape index (κ2) is 5.54. The average Bonchev–Trinajstić information content (AvgIpc) is 2.19. The third-order valence-corrected chi connectivity index (χ3v) is 2.87. The van der Waals surface area contributed by atoms with E-state index in [2.05, 4.69) is 20.9 Å². The van der Waals surface area contributed by atoms with E-state index in [0.717, 1.165) is 0 Å². The van der Waals surface area contributed by atoms with Gasteiger partial charge in [0.2, 0.25) is 0 Å². The molecule has 1 N–H and O–H groups in total. The smallest absolute Gasteiger partial charge is 0.307 e. The molecular formula is C9H7BrClF2NO2. The van der Waals surface area contributed by atoms with Gasteiger partial charge in [-0.1, -0.05) is 27.5 Å². The van der Waals surface area contributed by atoms with Crippen LogP contribution in [0.5, 0.6) is 0 Å². The number of aliphatic carboxylic acids is 1. The molecule has 0 aliphatic rings. The summed E-state index contributed by atoms with van der Waals surface area (Å²) in [6, 6.07) is 0. The lowest BCUT2D eigenvalue weighted by Gasteiger charge is -2.10. The second-order valence-electron chi connectivity index (χ2n) is 2.96. The molecule has 16 heavy (non-hydrogen) atoms. The van der Waals surface area contributed by atoms with Crippen LogP contribution in [-0.4, -0.2) is 16.1 Å². The molecule has 0 spiro atoms. The summed E-state index contributed by atoms with van der Waals surface area (Å²) in [7, 11) is 0. The minimum absolute atomic E-state index is 0.0918. The number of alkyl halides is 3. The molecule has 3 nitrogen and oxygen atoms in total. The van der Waals surface area contributed by atoms with Gasteiger partial charge in [0.05, 0.1) is 22.7 Å². The normalized spacial score (nSPS) is 10.8. The number of carbonyl (C=O) groups is 1. The van der Waals surface area contributed by atoms with E-state index in [-0.39, 0.29) is 21.6 Å². The fraction of sp³-hybridized carbons (Fsp3) is 0.333. The lowest BCUT2D eigenvalue weighted by molar-refractivity contribution is -0.136. The highest BCUT2D eigenvalue weighted by Gasteiger charge is 2.21. The fourth-order valence-corrected chi connectivity index (χ4v) is 1.95. The number of hydrogen-bond donors (Lipinski definition) is 1. The van der Waals surface area contributed by atoms with Gasteiger partial charge in [-0.3, -0.25) is 9.78 Å². The van der Waals surface area contributed by atoms with Crippen molar-refractivity contribution < 1.29 is 18.7 Å². The van der Waals surface area contributed by atoms with Crippen molar-refractivity contribution in [1.82, 2.24) is 4.98 Å². The molecule has 1 aromatic heterocycles. The van der Waals surface area contributed by atoms with Gasteiger partial charge in [-0.25, -0.2) is 8.78 Å². The molecule has 1 heterocycles. The van der Waals surface area contributed by atoms with Crippen molar-refractivity contribution in [1.29, 1.82) is 0 Å². The summed E-state index contributed by atoms with van der Waals surface area (Å²) in [5.41, 5.74) is -0.194. The summed E-state index contributed by atoms with van der Waals surface area (Å²) in [5, 5.41) is 8.48. The predicted molar refractivity (Wildman–Crippen MR) is 58.2 cm³/mol. The van der Waals surface area contributed by atoms with Crippen molar-refractivity contribution in [2.45, 2.75) is 18.2 Å². The first-order valence-corrected chi connectivity index (χ1v) is 5.69. The summed E-state index contributed by atoms with van der Waals surface area (Å²) < 4.78 is 25.4. The lowest BCUT2D eigenvalue weighted by Crippen LogP contribution is -2.06. The van der Waals surface area contributed by atoms with Crippen LogP contribution in [0.2, 0.25) is 5.02 Å². The van der Waals surface area contributed by atoms with Gasteiger partial charge in [0.25, 0.3) is 6.43 Å². The first-order chi connectivity index (χ1) is 7.47. The van der Waals surface area contributed by atoms with Gasteiger partial charge in [0, 0.05) is 17.1 Å². The zero-order valence-corrected chi connectivity index (χ0v) is 10.2. The van der Waals surface area contributed by atoms with Crippen LogP contribution in [0.25, 0.3) is 0 Å². The molecule has 0 amide bonds. The Morgan fingerprint density at radius 3 is 2.69 bits per heavy atom. The quantitative estimate of drug-likeness (QED) is 0.868. The minimum Gasteiger partial charge on any atom is -0.481 e. The van der Waals surface area contributed by atoms with E-state index < -0.39 is 24.4 Å². The number of aromatic nitrogens is 1. The molecule has 0 radical (unpaired) electrons. The summed E-state index contributed by atoms with van der Waals surface area (Å²) in [6.45, 7) is 0. The Bertz CT molecular complexity index is 415. The monoisotopic (exact) mass is 313 g/mol. The van der Waals surface area contributed by atoms with Crippen molar-refractivity contribution in [2.75, 3.05) is 0 Å². The van der Waals surface area contributed by atoms with Crippen molar-refractivity contribution in [3.63, 3.8) is 0 Å². The van der Waals surface area contributed by atoms with Crippen molar-refractivity contribution in [3.8, 4) is 0 Å². The van der Waals surface area contributed by atoms with Crippen LogP contribution in [-0.2, 0) is 16.5 Å². The third-order valence-electron chi connectivity index (χ3n) is 1.89. The second-order valence-corrected chi connectivity index (χ2v) is 3.90. The van der Waals surface area contributed by atoms with Crippen LogP contribution in [0.4, 0.5) is 8.78 Å². The third kappa shape index (κ3) is 2.89. The number of carboxylic acid groups (broad SMARTS) is 1. The first kappa shape index (κ1) is 13.3. The Morgan fingerprint density at radius 1 is 1.62 bits per heavy atom. The van der Waals surface area contributed by atoms with E-state index in [9.17, 15) is 13.6 Å². The van der Waals surface area contributed by atoms with Gasteiger partial charge >= 0.3 is 5.97 Å². The zero-order valence-electron chi connectivity index (χ0n) is 7.88. The van der Waals surface area contributed by atoms with Crippen LogP contribution in [0.15, 0.2) is 6.20 Å². The maximum Gasteiger partial charge on any atom is 0.307 e. The number of rotatable bonds is 4. The zero-order chi connectivity index (χ0) is 12.3. The summed E-state index contributed by atoms with van der Waals surface area (Å²) in [6.07, 6.45) is -1.99. The van der Waals surface area contributed by atoms with Crippen molar-refractivity contribution in [2.24, 2.45) is 0 Å². The lowest BCUT2D eigenvalue weighted by atomic mass is 10.1. The predicted octanol–water partition coefficient (Wildman–Crippen LogP) is 3.19. The molecule has 1 aromatic rings. The molecule has 0 unspecified atom stereocenters. The van der Waals surface area contributed by atoms with Gasteiger partial charge < -0.3 is 5.11 Å². The number of hydrogen-bond acceptors (Lipinski definition) is 2. The molecule has 0 saturated heterocycles. The highest BCUT2D eigenvalue weighted by atomic mass is 79.9. The van der Waals surface area contributed by atoms with Gasteiger partial charge in [-0.2, -0.15) is 0 Å². The Morgan fingerprint density at radius 2 is 2.25 bits per heavy atom. The van der Waals surface area contributed by atoms with Crippen LogP contribution in [0.1, 0.15) is 23.2 Å². The Balaban J connectivity index is 3.26. The number of pyridine rings is 1. The van der Waals surface area contributed by atoms with Gasteiger partial charge in [-0.15, -0.1) is 0 Å². The maximum atomic E-state index is 12.7. The van der Waals surface area contributed by atoms with Gasteiger partial charge in [0.1, 0.15) is 0 Å². The highest BCUT2D eigenvalue weighted by molar-refractivity contribution is 9.08. The average molecular weight is 315 g/mol. The van der Waals surface area contributed by atoms with E-state index in [1.165, 1.54) is 6.20 Å². The summed E-state index contributed by atoms with van der Waals surface area (Å²) in [5.74, 6) is -1.14. The molecule has 88 valence electrons. The SMILES string of the molecule is O=C(O)Cc1cnc(CBr)c(C(F)F)c1Cl. The molecule has 0 saturated carbocycles. The number of carboxylic acids is 1. The number of halogens is 4. The topological polar surface area (TPSA) is 50.2 Å². The minimum atomic E-state index is -2.78.